The van der Waals surface area contributed by atoms with Gasteiger partial charge in [-0.25, -0.2) is 4.79 Å². The molecule has 2 aliphatic heterocycles. The van der Waals surface area contributed by atoms with E-state index in [2.05, 4.69) is 16.5 Å². The van der Waals surface area contributed by atoms with Crippen LogP contribution in [0.15, 0.2) is 15.9 Å². The highest BCUT2D eigenvalue weighted by Crippen LogP contribution is 2.49. The van der Waals surface area contributed by atoms with E-state index in [1.165, 1.54) is 0 Å². The molecule has 0 saturated carbocycles. The Bertz CT molecular complexity index is 726. The summed E-state index contributed by atoms with van der Waals surface area (Å²) in [7, 11) is 0. The SMILES string of the molecule is CCO.CCOC(=O)N1CCC2(CC1)C(C#N)=C(N)Nc1onc(C)c12. The third-order valence-corrected chi connectivity index (χ3v) is 4.59. The zero-order valence-corrected chi connectivity index (χ0v) is 15.3. The van der Waals surface area contributed by atoms with E-state index in [9.17, 15) is 10.1 Å². The van der Waals surface area contributed by atoms with E-state index in [-0.39, 0.29) is 12.7 Å². The van der Waals surface area contributed by atoms with Gasteiger partial charge in [0.1, 0.15) is 5.82 Å². The second-order valence-electron chi connectivity index (χ2n) is 6.08. The van der Waals surface area contributed by atoms with Gasteiger partial charge in [-0.1, -0.05) is 5.16 Å². The molecule has 0 unspecified atom stereocenters. The summed E-state index contributed by atoms with van der Waals surface area (Å²) < 4.78 is 10.4. The van der Waals surface area contributed by atoms with Crippen LogP contribution < -0.4 is 11.1 Å². The third kappa shape index (κ3) is 3.32. The number of fused-ring (bicyclic) bond motifs is 2. The van der Waals surface area contributed by atoms with Crippen molar-refractivity contribution in [1.82, 2.24) is 10.1 Å². The molecule has 9 heteroatoms. The fraction of sp³-hybridized carbons (Fsp3) is 0.588. The van der Waals surface area contributed by atoms with E-state index in [4.69, 9.17) is 20.1 Å². The van der Waals surface area contributed by atoms with Gasteiger partial charge in [-0.05, 0) is 33.6 Å². The molecule has 0 aliphatic carbocycles. The van der Waals surface area contributed by atoms with Crippen LogP contribution in [-0.2, 0) is 10.2 Å². The number of carbonyl (C=O) groups excluding carboxylic acids is 1. The summed E-state index contributed by atoms with van der Waals surface area (Å²) in [5.74, 6) is 0.782. The first-order chi connectivity index (χ1) is 12.4. The smallest absolute Gasteiger partial charge is 0.409 e. The molecule has 2 aliphatic rings. The minimum absolute atomic E-state index is 0.250. The van der Waals surface area contributed by atoms with Crippen LogP contribution in [0.3, 0.4) is 0 Å². The quantitative estimate of drug-likeness (QED) is 0.684. The monoisotopic (exact) mass is 363 g/mol. The molecule has 0 radical (unpaired) electrons. The molecule has 0 aromatic carbocycles. The molecule has 4 N–H and O–H groups in total. The Balaban J connectivity index is 0.000000758. The predicted molar refractivity (Wildman–Crippen MR) is 94.0 cm³/mol. The van der Waals surface area contributed by atoms with E-state index in [1.54, 1.807) is 18.7 Å². The number of nitrogens with one attached hydrogen (secondary N) is 1. The summed E-state index contributed by atoms with van der Waals surface area (Å²) in [4.78, 5) is 13.6. The molecule has 0 bridgehead atoms. The molecular weight excluding hydrogens is 338 g/mol. The van der Waals surface area contributed by atoms with E-state index in [0.717, 1.165) is 11.3 Å². The van der Waals surface area contributed by atoms with Crippen molar-refractivity contribution in [2.75, 3.05) is 31.6 Å². The Labute approximate surface area is 152 Å². The van der Waals surface area contributed by atoms with Crippen LogP contribution in [0.5, 0.6) is 0 Å². The zero-order valence-electron chi connectivity index (χ0n) is 15.3. The molecule has 0 atom stereocenters. The van der Waals surface area contributed by atoms with Gasteiger partial charge < -0.3 is 30.3 Å². The zero-order chi connectivity index (χ0) is 19.3. The van der Waals surface area contributed by atoms with Crippen molar-refractivity contribution in [3.8, 4) is 6.07 Å². The minimum Gasteiger partial charge on any atom is -0.450 e. The summed E-state index contributed by atoms with van der Waals surface area (Å²) in [5, 5.41) is 24.1. The minimum atomic E-state index is -0.563. The first-order valence-corrected chi connectivity index (χ1v) is 8.61. The number of anilines is 1. The van der Waals surface area contributed by atoms with Crippen molar-refractivity contribution in [2.45, 2.75) is 39.0 Å². The Morgan fingerprint density at radius 3 is 2.65 bits per heavy atom. The molecule has 1 fully saturated rings. The molecule has 142 valence electrons. The summed E-state index contributed by atoms with van der Waals surface area (Å²) in [5.41, 5.74) is 7.54. The second-order valence-corrected chi connectivity index (χ2v) is 6.08. The van der Waals surface area contributed by atoms with Gasteiger partial charge >= 0.3 is 6.09 Å². The van der Waals surface area contributed by atoms with Crippen LogP contribution in [0.1, 0.15) is 37.9 Å². The van der Waals surface area contributed by atoms with Crippen molar-refractivity contribution in [3.05, 3.63) is 22.7 Å². The number of nitrogens with two attached hydrogens (primary N) is 1. The van der Waals surface area contributed by atoms with Gasteiger partial charge in [-0.2, -0.15) is 5.26 Å². The molecule has 1 saturated heterocycles. The second kappa shape index (κ2) is 8.10. The number of likely N-dealkylation sites (tertiary alicyclic amines) is 1. The normalized spacial score (nSPS) is 17.6. The summed E-state index contributed by atoms with van der Waals surface area (Å²) >= 11 is 0. The van der Waals surface area contributed by atoms with Crippen molar-refractivity contribution in [2.24, 2.45) is 5.73 Å². The summed E-state index contributed by atoms with van der Waals surface area (Å²) in [6.45, 7) is 6.87. The fourth-order valence-corrected chi connectivity index (χ4v) is 3.54. The summed E-state index contributed by atoms with van der Waals surface area (Å²) in [6, 6.07) is 2.23. The van der Waals surface area contributed by atoms with Crippen molar-refractivity contribution >= 4 is 12.0 Å². The number of aliphatic hydroxyl groups is 1. The number of ether oxygens (including phenoxy) is 1. The highest BCUT2D eigenvalue weighted by Gasteiger charge is 2.48. The van der Waals surface area contributed by atoms with Crippen molar-refractivity contribution in [3.63, 3.8) is 0 Å². The molecule has 9 nitrogen and oxygen atoms in total. The standard InChI is InChI=1S/C15H19N5O3.C2H6O/c1-3-22-14(21)20-6-4-15(5-7-20)10(8-16)12(17)18-13-11(15)9(2)19-23-13;1-2-3/h18H,3-7,17H2,1-2H3;3H,2H2,1H3. The van der Waals surface area contributed by atoms with Gasteiger partial charge in [0.15, 0.2) is 0 Å². The third-order valence-electron chi connectivity index (χ3n) is 4.59. The van der Waals surface area contributed by atoms with E-state index in [1.807, 2.05) is 6.92 Å². The maximum absolute atomic E-state index is 11.9. The maximum atomic E-state index is 11.9. The number of aromatic nitrogens is 1. The van der Waals surface area contributed by atoms with Crippen LogP contribution in [0, 0.1) is 18.3 Å². The number of rotatable bonds is 1. The van der Waals surface area contributed by atoms with Gasteiger partial charge in [0.05, 0.1) is 29.5 Å². The summed E-state index contributed by atoms with van der Waals surface area (Å²) in [6.07, 6.45) is 0.826. The number of piperidine rings is 1. The largest absolute Gasteiger partial charge is 0.450 e. The van der Waals surface area contributed by atoms with Crippen molar-refractivity contribution in [1.29, 1.82) is 5.26 Å². The average Bonchev–Trinajstić information content (AvgIpc) is 2.98. The van der Waals surface area contributed by atoms with Gasteiger partial charge in [0, 0.05) is 25.1 Å². The Morgan fingerprint density at radius 1 is 1.50 bits per heavy atom. The number of aliphatic hydroxyl groups excluding tert-OH is 1. The first-order valence-electron chi connectivity index (χ1n) is 8.61. The molecule has 1 amide bonds. The average molecular weight is 363 g/mol. The first kappa shape index (κ1) is 19.6. The Morgan fingerprint density at radius 2 is 2.12 bits per heavy atom. The van der Waals surface area contributed by atoms with Gasteiger partial charge in [-0.15, -0.1) is 0 Å². The van der Waals surface area contributed by atoms with Gasteiger partial charge in [0.2, 0.25) is 5.88 Å². The van der Waals surface area contributed by atoms with Crippen LogP contribution >= 0.6 is 0 Å². The number of allylic oxidation sites excluding steroid dienone is 1. The highest BCUT2D eigenvalue weighted by molar-refractivity contribution is 5.69. The molecular formula is C17H25N5O4. The number of carbonyl (C=O) groups is 1. The van der Waals surface area contributed by atoms with Crippen LogP contribution in [-0.4, -0.2) is 47.6 Å². The molecule has 3 rings (SSSR count). The lowest BCUT2D eigenvalue weighted by Gasteiger charge is -2.43. The lowest BCUT2D eigenvalue weighted by atomic mass is 9.66. The van der Waals surface area contributed by atoms with E-state index < -0.39 is 5.41 Å². The number of nitriles is 1. The molecule has 1 aromatic rings. The van der Waals surface area contributed by atoms with Crippen LogP contribution in [0.2, 0.25) is 0 Å². The number of aryl methyl sites for hydroxylation is 1. The van der Waals surface area contributed by atoms with E-state index in [0.29, 0.717) is 49.8 Å². The Kier molecular flexibility index (Phi) is 6.10. The van der Waals surface area contributed by atoms with Gasteiger partial charge in [0.25, 0.3) is 0 Å². The fourth-order valence-electron chi connectivity index (χ4n) is 3.54. The molecule has 1 spiro atoms. The topological polar surface area (TPSA) is 138 Å². The van der Waals surface area contributed by atoms with Gasteiger partial charge in [-0.3, -0.25) is 0 Å². The number of hydrogen-bond donors (Lipinski definition) is 3. The van der Waals surface area contributed by atoms with Crippen molar-refractivity contribution < 1.29 is 19.2 Å². The molecule has 1 aromatic heterocycles. The molecule has 26 heavy (non-hydrogen) atoms. The lowest BCUT2D eigenvalue weighted by Crippen LogP contribution is -2.48. The molecule has 3 heterocycles. The van der Waals surface area contributed by atoms with Crippen LogP contribution in [0.25, 0.3) is 0 Å². The van der Waals surface area contributed by atoms with Crippen LogP contribution in [0.4, 0.5) is 10.7 Å². The number of amides is 1. The van der Waals surface area contributed by atoms with E-state index >= 15 is 0 Å². The number of nitrogens with zero attached hydrogens (tertiary/aromatic N) is 3. The number of hydrogen-bond acceptors (Lipinski definition) is 8. The lowest BCUT2D eigenvalue weighted by molar-refractivity contribution is 0.0905. The predicted octanol–water partition coefficient (Wildman–Crippen LogP) is 1.59. The maximum Gasteiger partial charge on any atom is 0.409 e. The highest BCUT2D eigenvalue weighted by atomic mass is 16.6. The Hall–Kier alpha value is -2.73.